The molecule has 0 spiro atoms. The molecule has 2 heterocycles. The lowest BCUT2D eigenvalue weighted by Gasteiger charge is -2.21. The van der Waals surface area contributed by atoms with E-state index in [-0.39, 0.29) is 17.0 Å². The fourth-order valence-electron chi connectivity index (χ4n) is 3.54. The van der Waals surface area contributed by atoms with Crippen LogP contribution >= 0.6 is 23.7 Å². The number of aromatic nitrogens is 3. The summed E-state index contributed by atoms with van der Waals surface area (Å²) in [5.41, 5.74) is 2.09. The van der Waals surface area contributed by atoms with E-state index >= 15 is 0 Å². The Hall–Kier alpha value is -3.47. The van der Waals surface area contributed by atoms with Crippen LogP contribution in [0.4, 0.5) is 21.6 Å². The van der Waals surface area contributed by atoms with Gasteiger partial charge in [-0.2, -0.15) is 0 Å². The van der Waals surface area contributed by atoms with Crippen LogP contribution in [0.3, 0.4) is 0 Å². The van der Waals surface area contributed by atoms with Gasteiger partial charge in [0.05, 0.1) is 16.9 Å². The number of hydrogen-bond acceptors (Lipinski definition) is 7. The summed E-state index contributed by atoms with van der Waals surface area (Å²) in [5, 5.41) is 3.40. The standard InChI is InChI=1S/C24H24ClFN6O2S.C2H6/c1-13-8-9-16(15(26)12-13)30-23-19(22-28-10-11-29-22)21(14(2)24(33)32(23)4)34-18-7-5-6-17(20(18)25)31-35-27-3;1-2/h5-12,27,30-31H,1-4H3,(H,28,29);1-2H3. The number of H-pyrrole nitrogens is 1. The van der Waals surface area contributed by atoms with Crippen molar-refractivity contribution in [2.75, 3.05) is 17.1 Å². The molecule has 2 aromatic carbocycles. The monoisotopic (exact) mass is 544 g/mol. The number of nitrogens with one attached hydrogen (secondary N) is 4. The Morgan fingerprint density at radius 2 is 1.92 bits per heavy atom. The molecular formula is C26H30ClFN6O2S. The van der Waals surface area contributed by atoms with Crippen molar-refractivity contribution in [2.45, 2.75) is 27.7 Å². The van der Waals surface area contributed by atoms with Crippen LogP contribution in [0.15, 0.2) is 53.6 Å². The first-order chi connectivity index (χ1) is 17.8. The minimum Gasteiger partial charge on any atom is -0.454 e. The van der Waals surface area contributed by atoms with Crippen LogP contribution in [-0.2, 0) is 7.05 Å². The van der Waals surface area contributed by atoms with Crippen molar-refractivity contribution in [1.29, 1.82) is 0 Å². The number of rotatable bonds is 8. The molecule has 2 aromatic heterocycles. The van der Waals surface area contributed by atoms with E-state index in [0.29, 0.717) is 39.2 Å². The minimum absolute atomic E-state index is 0.210. The molecule has 0 atom stereocenters. The smallest absolute Gasteiger partial charge is 0.258 e. The van der Waals surface area contributed by atoms with Crippen molar-refractivity contribution in [2.24, 2.45) is 7.05 Å². The van der Waals surface area contributed by atoms with E-state index in [9.17, 15) is 9.18 Å². The average Bonchev–Trinajstić information content (AvgIpc) is 3.43. The van der Waals surface area contributed by atoms with Crippen LogP contribution in [0, 0.1) is 19.7 Å². The van der Waals surface area contributed by atoms with Crippen LogP contribution < -0.4 is 25.1 Å². The molecule has 37 heavy (non-hydrogen) atoms. The van der Waals surface area contributed by atoms with Gasteiger partial charge < -0.3 is 19.8 Å². The van der Waals surface area contributed by atoms with Gasteiger partial charge in [0, 0.05) is 31.6 Å². The van der Waals surface area contributed by atoms with Crippen molar-refractivity contribution >= 4 is 40.9 Å². The van der Waals surface area contributed by atoms with E-state index in [1.807, 2.05) is 13.8 Å². The molecule has 0 saturated carbocycles. The van der Waals surface area contributed by atoms with Gasteiger partial charge in [-0.1, -0.05) is 37.6 Å². The molecule has 0 saturated heterocycles. The molecule has 8 nitrogen and oxygen atoms in total. The van der Waals surface area contributed by atoms with Gasteiger partial charge in [0.25, 0.3) is 5.56 Å². The number of aryl methyl sites for hydroxylation is 1. The third-order valence-corrected chi connectivity index (χ3v) is 6.23. The number of pyridine rings is 1. The third-order valence-electron chi connectivity index (χ3n) is 5.32. The van der Waals surface area contributed by atoms with E-state index in [1.165, 1.54) is 22.8 Å². The third kappa shape index (κ3) is 6.10. The van der Waals surface area contributed by atoms with Crippen molar-refractivity contribution < 1.29 is 9.13 Å². The average molecular weight is 545 g/mol. The van der Waals surface area contributed by atoms with E-state index < -0.39 is 5.82 Å². The topological polar surface area (TPSA) is 96.0 Å². The van der Waals surface area contributed by atoms with Gasteiger partial charge in [-0.3, -0.25) is 9.36 Å². The van der Waals surface area contributed by atoms with Crippen LogP contribution in [0.1, 0.15) is 25.0 Å². The number of nitrogens with zero attached hydrogens (tertiary/aromatic N) is 2. The summed E-state index contributed by atoms with van der Waals surface area (Å²) >= 11 is 7.85. The highest BCUT2D eigenvalue weighted by molar-refractivity contribution is 7.98. The molecule has 11 heteroatoms. The summed E-state index contributed by atoms with van der Waals surface area (Å²) in [6, 6.07) is 10.1. The molecule has 0 fully saturated rings. The number of hydrogen-bond donors (Lipinski definition) is 4. The first kappa shape index (κ1) is 28.1. The first-order valence-electron chi connectivity index (χ1n) is 11.6. The first-order valence-corrected chi connectivity index (χ1v) is 12.8. The number of ether oxygens (including phenoxy) is 1. The fourth-order valence-corrected chi connectivity index (χ4v) is 4.19. The molecule has 0 aliphatic carbocycles. The maximum absolute atomic E-state index is 14.7. The Morgan fingerprint density at radius 3 is 2.57 bits per heavy atom. The van der Waals surface area contributed by atoms with Crippen molar-refractivity contribution in [3.63, 3.8) is 0 Å². The summed E-state index contributed by atoms with van der Waals surface area (Å²) in [6.07, 6.45) is 3.24. The van der Waals surface area contributed by atoms with Gasteiger partial charge in [0.1, 0.15) is 33.8 Å². The summed E-state index contributed by atoms with van der Waals surface area (Å²) in [7, 11) is 3.38. The molecule has 0 bridgehead atoms. The molecule has 0 radical (unpaired) electrons. The zero-order valence-corrected chi connectivity index (χ0v) is 23.1. The van der Waals surface area contributed by atoms with Gasteiger partial charge in [0.2, 0.25) is 0 Å². The van der Waals surface area contributed by atoms with Crippen molar-refractivity contribution in [3.8, 4) is 22.9 Å². The summed E-state index contributed by atoms with van der Waals surface area (Å²) in [5.74, 6) is 0.882. The largest absolute Gasteiger partial charge is 0.454 e. The Bertz CT molecular complexity index is 1430. The van der Waals surface area contributed by atoms with Gasteiger partial charge in [-0.15, -0.1) is 0 Å². The number of benzene rings is 2. The number of anilines is 3. The second-order valence-electron chi connectivity index (χ2n) is 7.72. The highest BCUT2D eigenvalue weighted by atomic mass is 35.5. The molecular weight excluding hydrogens is 515 g/mol. The summed E-state index contributed by atoms with van der Waals surface area (Å²) < 4.78 is 28.4. The van der Waals surface area contributed by atoms with Crippen LogP contribution in [-0.4, -0.2) is 21.6 Å². The molecule has 196 valence electrons. The molecule has 4 aromatic rings. The lowest BCUT2D eigenvalue weighted by atomic mass is 10.1. The SMILES string of the molecule is CC.CNSNc1cccc(Oc2c(-c3ncc[nH]3)c(Nc3ccc(C)cc3F)n(C)c(=O)c2C)c1Cl. The van der Waals surface area contributed by atoms with Crippen LogP contribution in [0.5, 0.6) is 11.5 Å². The molecule has 0 unspecified atom stereocenters. The maximum atomic E-state index is 14.7. The second kappa shape index (κ2) is 12.7. The second-order valence-corrected chi connectivity index (χ2v) is 8.91. The quantitative estimate of drug-likeness (QED) is 0.178. The number of aromatic amines is 1. The zero-order chi connectivity index (χ0) is 27.1. The molecule has 0 aliphatic rings. The predicted molar refractivity (Wildman–Crippen MR) is 152 cm³/mol. The van der Waals surface area contributed by atoms with Crippen LogP contribution in [0.2, 0.25) is 5.02 Å². The Morgan fingerprint density at radius 1 is 1.16 bits per heavy atom. The molecule has 0 amide bonds. The van der Waals surface area contributed by atoms with E-state index in [1.54, 1.807) is 70.7 Å². The molecule has 4 rings (SSSR count). The maximum Gasteiger partial charge on any atom is 0.258 e. The van der Waals surface area contributed by atoms with E-state index in [4.69, 9.17) is 16.3 Å². The summed E-state index contributed by atoms with van der Waals surface area (Å²) in [6.45, 7) is 7.46. The predicted octanol–water partition coefficient (Wildman–Crippen LogP) is 6.94. The lowest BCUT2D eigenvalue weighted by molar-refractivity contribution is 0.478. The Balaban J connectivity index is 0.00000186. The molecule has 0 aliphatic heterocycles. The highest BCUT2D eigenvalue weighted by Crippen LogP contribution is 2.43. The normalized spacial score (nSPS) is 10.5. The Labute approximate surface area is 224 Å². The zero-order valence-electron chi connectivity index (χ0n) is 21.5. The number of imidazole rings is 1. The van der Waals surface area contributed by atoms with Gasteiger partial charge in [-0.25, -0.2) is 14.1 Å². The lowest BCUT2D eigenvalue weighted by Crippen LogP contribution is -2.24. The Kier molecular flexibility index (Phi) is 9.62. The highest BCUT2D eigenvalue weighted by Gasteiger charge is 2.25. The van der Waals surface area contributed by atoms with Crippen LogP contribution in [0.25, 0.3) is 11.4 Å². The molecule has 4 N–H and O–H groups in total. The van der Waals surface area contributed by atoms with Gasteiger partial charge in [-0.05, 0) is 50.7 Å². The van der Waals surface area contributed by atoms with E-state index in [2.05, 4.69) is 24.7 Å². The summed E-state index contributed by atoms with van der Waals surface area (Å²) in [4.78, 5) is 20.6. The van der Waals surface area contributed by atoms with Gasteiger partial charge >= 0.3 is 0 Å². The van der Waals surface area contributed by atoms with Crippen molar-refractivity contribution in [1.82, 2.24) is 19.3 Å². The minimum atomic E-state index is -0.449. The van der Waals surface area contributed by atoms with Crippen molar-refractivity contribution in [3.05, 3.63) is 81.1 Å². The number of halogens is 2. The fraction of sp³-hybridized carbons (Fsp3) is 0.231. The van der Waals surface area contributed by atoms with E-state index in [0.717, 1.165) is 5.56 Å². The van der Waals surface area contributed by atoms with Gasteiger partial charge in [0.15, 0.2) is 5.75 Å².